The van der Waals surface area contributed by atoms with Crippen LogP contribution in [0.4, 0.5) is 5.69 Å². The van der Waals surface area contributed by atoms with Gasteiger partial charge in [-0.1, -0.05) is 57.1 Å². The number of hydrogen-bond acceptors (Lipinski definition) is 5. The smallest absolute Gasteiger partial charge is 0.115 e. The lowest BCUT2D eigenvalue weighted by Gasteiger charge is -2.42. The van der Waals surface area contributed by atoms with Crippen molar-refractivity contribution in [1.82, 2.24) is 15.3 Å². The summed E-state index contributed by atoms with van der Waals surface area (Å²) in [5, 5.41) is 3.47. The van der Waals surface area contributed by atoms with Gasteiger partial charge >= 0.3 is 0 Å². The van der Waals surface area contributed by atoms with Gasteiger partial charge < -0.3 is 16.0 Å². The average Bonchev–Trinajstić information content (AvgIpc) is 3.30. The van der Waals surface area contributed by atoms with Gasteiger partial charge in [-0.05, 0) is 89.4 Å². The molecular formula is C36H62ClN5. The molecule has 0 spiro atoms. The van der Waals surface area contributed by atoms with E-state index >= 15 is 0 Å². The number of aromatic nitrogens is 2. The van der Waals surface area contributed by atoms with Crippen LogP contribution in [0.5, 0.6) is 0 Å². The highest BCUT2D eigenvalue weighted by Crippen LogP contribution is 2.54. The van der Waals surface area contributed by atoms with E-state index in [1.807, 2.05) is 25.1 Å². The molecule has 5 nitrogen and oxygen atoms in total. The molecule has 4 aliphatic rings. The molecule has 0 saturated heterocycles. The third-order valence-electron chi connectivity index (χ3n) is 8.69. The summed E-state index contributed by atoms with van der Waals surface area (Å²) in [5.74, 6) is 0. The number of nitrogens with two attached hydrogens (primary N) is 1. The first-order valence-corrected chi connectivity index (χ1v) is 16.4. The van der Waals surface area contributed by atoms with Crippen LogP contribution >= 0.6 is 11.6 Å². The summed E-state index contributed by atoms with van der Waals surface area (Å²) in [6, 6.07) is 0. The standard InChI is InChI=1S/C15H25N.C8H10N4.C7H14.C5H10.CH3Cl/c1-4-14-6-5-7-15(10-8-14,11-9-14)12-16-13(2)3;1-12-4-6(9)2-7-8(12)3-10-5-11-7;1-4-7(5-2)6-3;1-4-5(2)3;1-2/h4,16H,1-2,5-12H2,3H3;3-5H,2,9H2,1H3;4H,5-6H2,1-3H3;2,4H2,1,3H3;1H3. The van der Waals surface area contributed by atoms with Crippen molar-refractivity contribution < 1.29 is 0 Å². The highest BCUT2D eigenvalue weighted by Gasteiger charge is 2.43. The summed E-state index contributed by atoms with van der Waals surface area (Å²) >= 11 is 4.64. The largest absolute Gasteiger partial charge is 0.401 e. The van der Waals surface area contributed by atoms with Gasteiger partial charge in [0.1, 0.15) is 6.33 Å². The first kappa shape index (κ1) is 39.5. The maximum atomic E-state index is 5.70. The van der Waals surface area contributed by atoms with Gasteiger partial charge in [-0.2, -0.15) is 0 Å². The van der Waals surface area contributed by atoms with E-state index in [2.05, 4.69) is 93.4 Å². The Morgan fingerprint density at radius 2 is 1.64 bits per heavy atom. The molecule has 1 aromatic heterocycles. The van der Waals surface area contributed by atoms with Crippen molar-refractivity contribution in [3.8, 4) is 0 Å². The second-order valence-electron chi connectivity index (χ2n) is 11.9. The van der Waals surface area contributed by atoms with Crippen LogP contribution in [0, 0.1) is 10.8 Å². The second-order valence-corrected chi connectivity index (χ2v) is 11.9. The number of hydrogen-bond donors (Lipinski definition) is 2. The molecule has 3 aliphatic carbocycles. The Labute approximate surface area is 264 Å². The van der Waals surface area contributed by atoms with Crippen LogP contribution < -0.4 is 16.0 Å². The van der Waals surface area contributed by atoms with Crippen LogP contribution in [0.15, 0.2) is 73.2 Å². The molecular weight excluding hydrogens is 538 g/mol. The fourth-order valence-electron chi connectivity index (χ4n) is 5.50. The SMILES string of the molecule is C=C(C)CC.C=CC12CCCC(CNC(=C)C)(CC1)CC2.CC=C(CC)CC.CCl.CN1C=C(N)Cc2ncncc21. The number of alkyl halides is 1. The quantitative estimate of drug-likeness (QED) is 0.241. The van der Waals surface area contributed by atoms with Crippen LogP contribution in [-0.4, -0.2) is 29.9 Å². The van der Waals surface area contributed by atoms with Gasteiger partial charge in [-0.25, -0.2) is 9.97 Å². The molecule has 42 heavy (non-hydrogen) atoms. The molecule has 3 N–H and O–H groups in total. The van der Waals surface area contributed by atoms with E-state index in [9.17, 15) is 0 Å². The van der Waals surface area contributed by atoms with Crippen LogP contribution in [0.25, 0.3) is 0 Å². The van der Waals surface area contributed by atoms with E-state index in [4.69, 9.17) is 5.73 Å². The predicted molar refractivity (Wildman–Crippen MR) is 188 cm³/mol. The van der Waals surface area contributed by atoms with Crippen molar-refractivity contribution in [3.63, 3.8) is 0 Å². The number of fused-ring (bicyclic) bond motifs is 5. The number of rotatable bonds is 7. The minimum Gasteiger partial charge on any atom is -0.401 e. The fourth-order valence-corrected chi connectivity index (χ4v) is 5.50. The minimum atomic E-state index is 0.489. The molecule has 3 fully saturated rings. The molecule has 238 valence electrons. The molecule has 5 rings (SSSR count). The average molecular weight is 600 g/mol. The zero-order chi connectivity index (χ0) is 32.2. The summed E-state index contributed by atoms with van der Waals surface area (Å²) in [5.41, 5.74) is 13.5. The molecule has 2 heterocycles. The fraction of sp³-hybridized carbons (Fsp3) is 0.611. The summed E-state index contributed by atoms with van der Waals surface area (Å²) in [6.45, 7) is 25.5. The first-order valence-electron chi connectivity index (χ1n) is 15.7. The van der Waals surface area contributed by atoms with Gasteiger partial charge in [0.2, 0.25) is 0 Å². The van der Waals surface area contributed by atoms with E-state index in [1.54, 1.807) is 18.1 Å². The zero-order valence-corrected chi connectivity index (χ0v) is 29.0. The molecule has 2 bridgehead atoms. The molecule has 1 aliphatic heterocycles. The summed E-state index contributed by atoms with van der Waals surface area (Å²) in [7, 11) is 1.94. The van der Waals surface area contributed by atoms with Gasteiger partial charge in [-0.15, -0.1) is 24.8 Å². The predicted octanol–water partition coefficient (Wildman–Crippen LogP) is 9.88. The maximum Gasteiger partial charge on any atom is 0.115 e. The van der Waals surface area contributed by atoms with Crippen LogP contribution in [0.3, 0.4) is 0 Å². The van der Waals surface area contributed by atoms with Crippen LogP contribution in [-0.2, 0) is 6.42 Å². The number of nitrogens with one attached hydrogen (secondary N) is 1. The molecule has 0 unspecified atom stereocenters. The van der Waals surface area contributed by atoms with E-state index in [1.165, 1.54) is 69.7 Å². The molecule has 0 aromatic carbocycles. The zero-order valence-electron chi connectivity index (χ0n) is 28.3. The Hall–Kier alpha value is -2.53. The van der Waals surface area contributed by atoms with Crippen LogP contribution in [0.1, 0.15) is 111 Å². The van der Waals surface area contributed by atoms with E-state index in [-0.39, 0.29) is 0 Å². The molecule has 0 amide bonds. The molecule has 6 heteroatoms. The topological polar surface area (TPSA) is 67.1 Å². The van der Waals surface area contributed by atoms with E-state index < -0.39 is 0 Å². The van der Waals surface area contributed by atoms with E-state index in [0.717, 1.165) is 42.2 Å². The Balaban J connectivity index is 0.000000571. The number of anilines is 1. The molecule has 0 atom stereocenters. The first-order chi connectivity index (χ1) is 20.0. The van der Waals surface area contributed by atoms with Crippen LogP contribution in [0.2, 0.25) is 0 Å². The lowest BCUT2D eigenvalue weighted by molar-refractivity contribution is 0.136. The minimum absolute atomic E-state index is 0.489. The third kappa shape index (κ3) is 14.1. The number of allylic oxidation sites excluding steroid dienone is 6. The normalized spacial score (nSPS) is 21.3. The summed E-state index contributed by atoms with van der Waals surface area (Å²) in [6.07, 6.45) is 25.0. The number of halogens is 1. The van der Waals surface area contributed by atoms with Gasteiger partial charge in [-0.3, -0.25) is 0 Å². The maximum absolute atomic E-state index is 5.70. The van der Waals surface area contributed by atoms with E-state index in [0.29, 0.717) is 10.8 Å². The van der Waals surface area contributed by atoms with Crippen molar-refractivity contribution in [2.24, 2.45) is 16.6 Å². The van der Waals surface area contributed by atoms with Gasteiger partial charge in [0, 0.05) is 44.0 Å². The van der Waals surface area contributed by atoms with Gasteiger partial charge in [0.05, 0.1) is 17.6 Å². The third-order valence-corrected chi connectivity index (χ3v) is 8.69. The van der Waals surface area contributed by atoms with Gasteiger partial charge in [0.25, 0.3) is 0 Å². The molecule has 0 radical (unpaired) electrons. The van der Waals surface area contributed by atoms with Crippen molar-refractivity contribution >= 4 is 17.3 Å². The van der Waals surface area contributed by atoms with Crippen molar-refractivity contribution in [1.29, 1.82) is 0 Å². The Kier molecular flexibility index (Phi) is 19.9. The van der Waals surface area contributed by atoms with Gasteiger partial charge in [0.15, 0.2) is 0 Å². The summed E-state index contributed by atoms with van der Waals surface area (Å²) < 4.78 is 0. The highest BCUT2D eigenvalue weighted by atomic mass is 35.5. The summed E-state index contributed by atoms with van der Waals surface area (Å²) in [4.78, 5) is 10.0. The van der Waals surface area contributed by atoms with Crippen molar-refractivity contribution in [3.05, 3.63) is 78.8 Å². The Morgan fingerprint density at radius 3 is 2.10 bits per heavy atom. The van der Waals surface area contributed by atoms with Crippen molar-refractivity contribution in [2.75, 3.05) is 24.9 Å². The molecule has 1 aromatic rings. The Bertz CT molecular complexity index is 996. The second kappa shape index (κ2) is 21.2. The Morgan fingerprint density at radius 1 is 1.05 bits per heavy atom. The van der Waals surface area contributed by atoms with Crippen molar-refractivity contribution in [2.45, 2.75) is 112 Å². The highest BCUT2D eigenvalue weighted by molar-refractivity contribution is 6.15. The number of nitrogens with zero attached hydrogens (tertiary/aromatic N) is 3. The lowest BCUT2D eigenvalue weighted by atomic mass is 9.65. The lowest BCUT2D eigenvalue weighted by Crippen LogP contribution is -2.37. The monoisotopic (exact) mass is 599 g/mol. The molecule has 3 saturated carbocycles.